The van der Waals surface area contributed by atoms with E-state index in [1.165, 1.54) is 32.4 Å². The zero-order valence-corrected chi connectivity index (χ0v) is 11.9. The first-order valence-electron chi connectivity index (χ1n) is 7.14. The summed E-state index contributed by atoms with van der Waals surface area (Å²) in [5.74, 6) is 0.523. The molecule has 1 saturated heterocycles. The zero-order chi connectivity index (χ0) is 13.7. The molecule has 0 saturated carbocycles. The Balaban J connectivity index is 1.67. The van der Waals surface area contributed by atoms with Crippen LogP contribution in [0.3, 0.4) is 0 Å². The van der Waals surface area contributed by atoms with Gasteiger partial charge in [0.2, 0.25) is 0 Å². The molecule has 0 bridgehead atoms. The van der Waals surface area contributed by atoms with Gasteiger partial charge in [-0.3, -0.25) is 4.79 Å². The van der Waals surface area contributed by atoms with Crippen molar-refractivity contribution in [2.45, 2.75) is 32.6 Å². The number of nitrogens with one attached hydrogen (secondary N) is 1. The average molecular weight is 266 g/mol. The van der Waals surface area contributed by atoms with Gasteiger partial charge in [-0.1, -0.05) is 5.16 Å². The van der Waals surface area contributed by atoms with Crippen LogP contribution in [0.15, 0.2) is 10.6 Å². The first kappa shape index (κ1) is 14.1. The second-order valence-electron chi connectivity index (χ2n) is 5.78. The van der Waals surface area contributed by atoms with Crippen LogP contribution in [0.1, 0.15) is 41.9 Å². The predicted molar refractivity (Wildman–Crippen MR) is 72.8 cm³/mol. The van der Waals surface area contributed by atoms with Crippen LogP contribution < -0.4 is 5.32 Å². The van der Waals surface area contributed by atoms with E-state index in [1.54, 1.807) is 13.0 Å². The standard InChI is InChI=1S/C14H23N3O2/c1-12-11-13(16-19-12)14(18)15-7-6-10-17(2)8-4-3-5-9-17/h11H,3-10H2,1-2H3/p+1. The minimum absolute atomic E-state index is 0.141. The Morgan fingerprint density at radius 2 is 2.16 bits per heavy atom. The molecule has 0 aliphatic carbocycles. The maximum absolute atomic E-state index is 11.8. The van der Waals surface area contributed by atoms with Crippen molar-refractivity contribution < 1.29 is 13.8 Å². The molecule has 1 aliphatic rings. The number of quaternary nitrogens is 1. The average Bonchev–Trinajstić information content (AvgIpc) is 2.82. The summed E-state index contributed by atoms with van der Waals surface area (Å²) in [5.41, 5.74) is 0.371. The molecule has 1 aromatic rings. The first-order chi connectivity index (χ1) is 9.09. The number of rotatable bonds is 5. The van der Waals surface area contributed by atoms with E-state index in [-0.39, 0.29) is 5.91 Å². The summed E-state index contributed by atoms with van der Waals surface area (Å²) < 4.78 is 6.04. The summed E-state index contributed by atoms with van der Waals surface area (Å²) in [4.78, 5) is 11.8. The molecule has 1 aromatic heterocycles. The molecule has 0 spiro atoms. The molecular formula is C14H24N3O2+. The van der Waals surface area contributed by atoms with E-state index in [0.717, 1.165) is 17.4 Å². The van der Waals surface area contributed by atoms with Crippen molar-refractivity contribution in [3.8, 4) is 0 Å². The third-order valence-electron chi connectivity index (χ3n) is 3.92. The molecule has 0 unspecified atom stereocenters. The molecule has 106 valence electrons. The van der Waals surface area contributed by atoms with Gasteiger partial charge in [-0.2, -0.15) is 0 Å². The molecule has 19 heavy (non-hydrogen) atoms. The van der Waals surface area contributed by atoms with E-state index < -0.39 is 0 Å². The van der Waals surface area contributed by atoms with Gasteiger partial charge in [0.05, 0.1) is 26.7 Å². The fourth-order valence-corrected chi connectivity index (χ4v) is 2.73. The van der Waals surface area contributed by atoms with E-state index in [9.17, 15) is 4.79 Å². The van der Waals surface area contributed by atoms with Gasteiger partial charge in [0.25, 0.3) is 5.91 Å². The van der Waals surface area contributed by atoms with E-state index in [0.29, 0.717) is 18.0 Å². The van der Waals surface area contributed by atoms with Crippen LogP contribution in [0.5, 0.6) is 0 Å². The highest BCUT2D eigenvalue weighted by Gasteiger charge is 2.23. The SMILES string of the molecule is Cc1cc(C(=O)NCCC[N+]2(C)CCCCC2)no1. The quantitative estimate of drug-likeness (QED) is 0.652. The van der Waals surface area contributed by atoms with Crippen molar-refractivity contribution in [1.82, 2.24) is 10.5 Å². The van der Waals surface area contributed by atoms with E-state index in [4.69, 9.17) is 4.52 Å². The second kappa shape index (κ2) is 6.19. The summed E-state index contributed by atoms with van der Waals surface area (Å²) in [6.07, 6.45) is 5.05. The van der Waals surface area contributed by atoms with Crippen molar-refractivity contribution in [3.05, 3.63) is 17.5 Å². The van der Waals surface area contributed by atoms with Crippen molar-refractivity contribution in [3.63, 3.8) is 0 Å². The number of aromatic nitrogens is 1. The van der Waals surface area contributed by atoms with Crippen LogP contribution in [-0.2, 0) is 0 Å². The predicted octanol–water partition coefficient (Wildman–Crippen LogP) is 1.73. The number of amides is 1. The lowest BCUT2D eigenvalue weighted by molar-refractivity contribution is -0.914. The minimum atomic E-state index is -0.141. The van der Waals surface area contributed by atoms with Crippen molar-refractivity contribution in [1.29, 1.82) is 0 Å². The lowest BCUT2D eigenvalue weighted by Crippen LogP contribution is -2.49. The Bertz CT molecular complexity index is 422. The summed E-state index contributed by atoms with van der Waals surface area (Å²) in [5, 5.41) is 6.60. The van der Waals surface area contributed by atoms with Crippen LogP contribution in [0.4, 0.5) is 0 Å². The molecule has 5 nitrogen and oxygen atoms in total. The van der Waals surface area contributed by atoms with Gasteiger partial charge < -0.3 is 14.3 Å². The van der Waals surface area contributed by atoms with Crippen LogP contribution in [0.2, 0.25) is 0 Å². The molecule has 1 fully saturated rings. The third-order valence-corrected chi connectivity index (χ3v) is 3.92. The largest absolute Gasteiger partial charge is 0.361 e. The second-order valence-corrected chi connectivity index (χ2v) is 5.78. The summed E-state index contributed by atoms with van der Waals surface area (Å²) in [6.45, 7) is 6.18. The van der Waals surface area contributed by atoms with Gasteiger partial charge >= 0.3 is 0 Å². The monoisotopic (exact) mass is 266 g/mol. The molecular weight excluding hydrogens is 242 g/mol. The number of aryl methyl sites for hydroxylation is 1. The lowest BCUT2D eigenvalue weighted by Gasteiger charge is -2.37. The van der Waals surface area contributed by atoms with E-state index in [1.807, 2.05) is 0 Å². The molecule has 2 heterocycles. The molecule has 1 amide bonds. The van der Waals surface area contributed by atoms with Gasteiger partial charge in [0, 0.05) is 19.0 Å². The van der Waals surface area contributed by atoms with Crippen molar-refractivity contribution in [2.24, 2.45) is 0 Å². The number of likely N-dealkylation sites (tertiary alicyclic amines) is 1. The van der Waals surface area contributed by atoms with Gasteiger partial charge in [0.1, 0.15) is 5.76 Å². The number of carbonyl (C=O) groups excluding carboxylic acids is 1. The van der Waals surface area contributed by atoms with Crippen LogP contribution in [-0.4, -0.2) is 48.8 Å². The molecule has 0 radical (unpaired) electrons. The summed E-state index contributed by atoms with van der Waals surface area (Å²) in [7, 11) is 2.32. The molecule has 1 aliphatic heterocycles. The van der Waals surface area contributed by atoms with Crippen molar-refractivity contribution in [2.75, 3.05) is 33.2 Å². The molecule has 0 atom stereocenters. The topological polar surface area (TPSA) is 55.1 Å². The molecule has 5 heteroatoms. The van der Waals surface area contributed by atoms with Gasteiger partial charge in [-0.15, -0.1) is 0 Å². The number of carbonyl (C=O) groups is 1. The van der Waals surface area contributed by atoms with Crippen LogP contribution in [0, 0.1) is 6.92 Å². The van der Waals surface area contributed by atoms with Gasteiger partial charge in [-0.05, 0) is 26.2 Å². The van der Waals surface area contributed by atoms with Gasteiger partial charge in [-0.25, -0.2) is 0 Å². The van der Waals surface area contributed by atoms with Crippen LogP contribution >= 0.6 is 0 Å². The van der Waals surface area contributed by atoms with Crippen LogP contribution in [0.25, 0.3) is 0 Å². The molecule has 1 N–H and O–H groups in total. The Morgan fingerprint density at radius 3 is 2.79 bits per heavy atom. The smallest absolute Gasteiger partial charge is 0.273 e. The number of piperidine rings is 1. The maximum atomic E-state index is 11.8. The fourth-order valence-electron chi connectivity index (χ4n) is 2.73. The Hall–Kier alpha value is -1.36. The Labute approximate surface area is 114 Å². The molecule has 0 aromatic carbocycles. The third kappa shape index (κ3) is 4.06. The molecule has 2 rings (SSSR count). The van der Waals surface area contributed by atoms with E-state index >= 15 is 0 Å². The number of nitrogens with zero attached hydrogens (tertiary/aromatic N) is 2. The lowest BCUT2D eigenvalue weighted by atomic mass is 10.1. The Morgan fingerprint density at radius 1 is 1.42 bits per heavy atom. The normalized spacial score (nSPS) is 18.2. The highest BCUT2D eigenvalue weighted by atomic mass is 16.5. The van der Waals surface area contributed by atoms with Gasteiger partial charge in [0.15, 0.2) is 5.69 Å². The number of hydrogen-bond donors (Lipinski definition) is 1. The summed E-state index contributed by atoms with van der Waals surface area (Å²) in [6, 6.07) is 1.66. The van der Waals surface area contributed by atoms with Crippen molar-refractivity contribution >= 4 is 5.91 Å². The highest BCUT2D eigenvalue weighted by Crippen LogP contribution is 2.16. The minimum Gasteiger partial charge on any atom is -0.361 e. The Kier molecular flexibility index (Phi) is 4.58. The zero-order valence-electron chi connectivity index (χ0n) is 11.9. The maximum Gasteiger partial charge on any atom is 0.273 e. The highest BCUT2D eigenvalue weighted by molar-refractivity contribution is 5.92. The van der Waals surface area contributed by atoms with E-state index in [2.05, 4.69) is 17.5 Å². The first-order valence-corrected chi connectivity index (χ1v) is 7.14. The fraction of sp³-hybridized carbons (Fsp3) is 0.714. The number of hydrogen-bond acceptors (Lipinski definition) is 3. The summed E-state index contributed by atoms with van der Waals surface area (Å²) >= 11 is 0.